The molecule has 356 valence electrons. The number of aliphatic hydroxyl groups excluding tert-OH is 2. The number of amides is 2. The van der Waals surface area contributed by atoms with E-state index in [-0.39, 0.29) is 158 Å². The van der Waals surface area contributed by atoms with Gasteiger partial charge in [0.25, 0.3) is 0 Å². The molecule has 2 amide bonds. The van der Waals surface area contributed by atoms with Crippen molar-refractivity contribution in [2.75, 3.05) is 70.5 Å². The maximum absolute atomic E-state index is 12.6. The normalized spacial score (nSPS) is 10.6. The van der Waals surface area contributed by atoms with Gasteiger partial charge in [-0.25, -0.2) is 8.42 Å². The third-order valence-corrected chi connectivity index (χ3v) is 9.84. The van der Waals surface area contributed by atoms with Crippen molar-refractivity contribution >= 4 is 103 Å². The molecule has 2 aromatic heterocycles. The molecule has 0 saturated carbocycles. The fraction of sp³-hybridized carbons (Fsp3) is 0.190. The van der Waals surface area contributed by atoms with Crippen LogP contribution in [0.25, 0.3) is 12.2 Å². The number of benzene rings is 4. The van der Waals surface area contributed by atoms with Crippen LogP contribution in [0.15, 0.2) is 102 Å². The van der Waals surface area contributed by atoms with E-state index in [1.165, 1.54) is 18.2 Å². The third-order valence-electron chi connectivity index (χ3n) is 8.94. The minimum atomic E-state index is -5.00. The summed E-state index contributed by atoms with van der Waals surface area (Å²) < 4.78 is 63.1. The van der Waals surface area contributed by atoms with Crippen LogP contribution in [0.1, 0.15) is 24.0 Å². The first-order valence-electron chi connectivity index (χ1n) is 20.1. The van der Waals surface area contributed by atoms with Gasteiger partial charge in [-0.15, -0.1) is 43.0 Å². The number of anilines is 10. The molecule has 70 heavy (non-hydrogen) atoms. The van der Waals surface area contributed by atoms with Crippen molar-refractivity contribution in [1.29, 1.82) is 0 Å². The van der Waals surface area contributed by atoms with Crippen molar-refractivity contribution in [3.8, 4) is 0 Å². The predicted octanol–water partition coefficient (Wildman–Crippen LogP) is -3.74. The number of primary amides is 2. The standard InChI is InChI=1S/C42H45N14O7S.2Na.O3S/c43-35(59)19-21-55(23-25-57)41-51-37(45-30-7-3-1-4-8-30)49-39(53-41)47-32-16-12-28(13-17-32)11-14-29-15-18-33(27-34(29)64(61,62)63)48-40-50-38(46-31-9-5-2-6-10-31)52-42(54-40)56(24-26-58)22-20-36(44)60;;;1-4(2)3/h1-12,14-18,27,57-58H,19-26H2,(H2,43,59)(H2,44,60)(H,61,62,63)(H2,45,47,49,51,53)(H2,46,48,50,52,54);;;/q-1;2*+1;/p-1. The molecule has 0 radical (unpaired) electrons. The quantitative estimate of drug-likeness (QED) is 0.0132. The molecule has 6 aromatic rings. The van der Waals surface area contributed by atoms with Crippen LogP contribution >= 0.6 is 0 Å². The van der Waals surface area contributed by atoms with Gasteiger partial charge in [0.15, 0.2) is 0 Å². The molecule has 0 unspecified atom stereocenters. The number of nitrogens with zero attached hydrogens (tertiary/aromatic N) is 8. The Bertz CT molecular complexity index is 2910. The summed E-state index contributed by atoms with van der Waals surface area (Å²) >= 11 is 0. The summed E-state index contributed by atoms with van der Waals surface area (Å²) in [5.41, 5.74) is 13.4. The second-order valence-electron chi connectivity index (χ2n) is 13.9. The molecular formula is C42H44N14Na2O10S2. The van der Waals surface area contributed by atoms with E-state index in [2.05, 4.69) is 57.2 Å². The number of nitrogens with two attached hydrogens (primary N) is 2. The maximum Gasteiger partial charge on any atom is 1.00 e. The molecule has 10 N–H and O–H groups in total. The van der Waals surface area contributed by atoms with Gasteiger partial charge >= 0.3 is 69.7 Å². The Balaban J connectivity index is 0.00000208. The Morgan fingerprint density at radius 2 is 1.03 bits per heavy atom. The molecule has 2 heterocycles. The van der Waals surface area contributed by atoms with Gasteiger partial charge in [-0.3, -0.25) is 9.59 Å². The van der Waals surface area contributed by atoms with Gasteiger partial charge in [-0.05, 0) is 47.6 Å². The Morgan fingerprint density at radius 3 is 1.41 bits per heavy atom. The second kappa shape index (κ2) is 29.1. The van der Waals surface area contributed by atoms with E-state index < -0.39 is 37.4 Å². The van der Waals surface area contributed by atoms with Crippen molar-refractivity contribution in [2.45, 2.75) is 17.7 Å². The third kappa shape index (κ3) is 19.7. The maximum atomic E-state index is 12.6. The summed E-state index contributed by atoms with van der Waals surface area (Å²) in [6, 6.07) is 30.5. The van der Waals surface area contributed by atoms with E-state index in [4.69, 9.17) is 24.1 Å². The van der Waals surface area contributed by atoms with Gasteiger partial charge in [0.05, 0.1) is 18.1 Å². The Morgan fingerprint density at radius 1 is 0.614 bits per heavy atom. The SMILES string of the molecule is NC(=O)CCN(CCO)c1nc(Nc2c[c-]c(C=Cc3ccc(Nc4nc(Nc5ccccc5)nc(N(CCO)CCC(N)=O)n4)cc3S(=O)(=O)[O-])cc2)nc(Nc2ccccc2)n1.O=S(=O)=O.[Na+].[Na+]. The smallest absolute Gasteiger partial charge is 0.744 e. The molecule has 4 aromatic carbocycles. The average Bonchev–Trinajstić information content (AvgIpc) is 3.29. The summed E-state index contributed by atoms with van der Waals surface area (Å²) in [4.78, 5) is 52.6. The van der Waals surface area contributed by atoms with Crippen LogP contribution in [0.4, 0.5) is 58.4 Å². The molecule has 0 aliphatic heterocycles. The van der Waals surface area contributed by atoms with Crippen LogP contribution in [0.2, 0.25) is 0 Å². The van der Waals surface area contributed by atoms with Crippen molar-refractivity contribution in [1.82, 2.24) is 29.9 Å². The number of rotatable bonds is 23. The van der Waals surface area contributed by atoms with Crippen LogP contribution in [-0.4, -0.2) is 117 Å². The summed E-state index contributed by atoms with van der Waals surface area (Å²) in [5, 5.41) is 31.7. The molecule has 0 aliphatic rings. The van der Waals surface area contributed by atoms with Gasteiger partial charge < -0.3 is 57.3 Å². The average molecular weight is 1020 g/mol. The van der Waals surface area contributed by atoms with Crippen LogP contribution in [0, 0.1) is 6.07 Å². The van der Waals surface area contributed by atoms with Gasteiger partial charge in [0.2, 0.25) is 47.5 Å². The molecule has 0 fully saturated rings. The first-order chi connectivity index (χ1) is 32.6. The molecule has 0 spiro atoms. The van der Waals surface area contributed by atoms with E-state index in [9.17, 15) is 32.8 Å². The van der Waals surface area contributed by atoms with Gasteiger partial charge in [0.1, 0.15) is 10.1 Å². The number of carbonyl (C=O) groups excluding carboxylic acids is 2. The largest absolute Gasteiger partial charge is 1.00 e. The van der Waals surface area contributed by atoms with Crippen LogP contribution in [0.3, 0.4) is 0 Å². The van der Waals surface area contributed by atoms with Crippen molar-refractivity contribution < 1.29 is 105 Å². The predicted molar refractivity (Wildman–Crippen MR) is 250 cm³/mol. The number of hydrogen-bond donors (Lipinski definition) is 8. The van der Waals surface area contributed by atoms with Crippen molar-refractivity contribution in [3.63, 3.8) is 0 Å². The number of carbonyl (C=O) groups is 2. The molecule has 28 heteroatoms. The van der Waals surface area contributed by atoms with E-state index in [0.29, 0.717) is 22.6 Å². The van der Waals surface area contributed by atoms with Gasteiger partial charge in [-0.1, -0.05) is 48.5 Å². The van der Waals surface area contributed by atoms with Crippen LogP contribution in [0.5, 0.6) is 0 Å². The van der Waals surface area contributed by atoms with Gasteiger partial charge in [0, 0.05) is 56.1 Å². The zero-order chi connectivity index (χ0) is 49.1. The molecule has 0 bridgehead atoms. The van der Waals surface area contributed by atoms with E-state index in [1.54, 1.807) is 46.2 Å². The number of aromatic nitrogens is 6. The van der Waals surface area contributed by atoms with E-state index >= 15 is 0 Å². The zero-order valence-corrected chi connectivity index (χ0v) is 43.4. The summed E-state index contributed by atoms with van der Waals surface area (Å²) in [6.07, 6.45) is 3.00. The number of aliphatic hydroxyl groups is 2. The topological polar surface area (TPSA) is 367 Å². The molecule has 0 atom stereocenters. The van der Waals surface area contributed by atoms with Crippen LogP contribution < -0.4 is 102 Å². The molecule has 0 aliphatic carbocycles. The fourth-order valence-corrected chi connectivity index (χ4v) is 6.61. The number of nitrogens with one attached hydrogen (secondary N) is 4. The summed E-state index contributed by atoms with van der Waals surface area (Å²) in [5.74, 6) is -0.418. The fourth-order valence-electron chi connectivity index (χ4n) is 5.91. The molecule has 6 rings (SSSR count). The molecular weight excluding hydrogens is 971 g/mol. The minimum Gasteiger partial charge on any atom is -0.744 e. The summed E-state index contributed by atoms with van der Waals surface area (Å²) in [6.45, 7) is -0.0596. The Labute approximate surface area is 447 Å². The first kappa shape index (κ1) is 58.1. The second-order valence-corrected chi connectivity index (χ2v) is 15.7. The van der Waals surface area contributed by atoms with E-state index in [1.807, 2.05) is 48.5 Å². The number of para-hydroxylation sites is 2. The minimum absolute atomic E-state index is 0. The molecule has 24 nitrogen and oxygen atoms in total. The Kier molecular flexibility index (Phi) is 24.2. The number of hydrogen-bond acceptors (Lipinski definition) is 22. The summed E-state index contributed by atoms with van der Waals surface area (Å²) in [7, 11) is -8.11. The van der Waals surface area contributed by atoms with Crippen molar-refractivity contribution in [2.24, 2.45) is 11.5 Å². The first-order valence-corrected chi connectivity index (χ1v) is 22.5. The van der Waals surface area contributed by atoms with E-state index in [0.717, 1.165) is 6.07 Å². The van der Waals surface area contributed by atoms with Gasteiger partial charge in [-0.2, -0.15) is 35.5 Å². The van der Waals surface area contributed by atoms with Crippen LogP contribution in [-0.2, 0) is 30.3 Å². The van der Waals surface area contributed by atoms with Crippen molar-refractivity contribution in [3.05, 3.63) is 114 Å². The monoisotopic (exact) mass is 1010 g/mol. The zero-order valence-electron chi connectivity index (χ0n) is 37.8. The Hall–Kier alpha value is -6.17. The molecule has 0 saturated heterocycles.